The molecule has 0 saturated heterocycles. The van der Waals surface area contributed by atoms with Gasteiger partial charge in [0.05, 0.1) is 19.7 Å². The Morgan fingerprint density at radius 2 is 0.640 bits per heavy atom. The van der Waals surface area contributed by atoms with Crippen molar-refractivity contribution in [2.75, 3.05) is 42.5 Å². The summed E-state index contributed by atoms with van der Waals surface area (Å²) < 4.78 is 0. The molecule has 111 heavy (non-hydrogen) atoms. The van der Waals surface area contributed by atoms with Crippen molar-refractivity contribution in [3.05, 3.63) is 323 Å². The average Bonchev–Trinajstić information content (AvgIpc) is 0.944. The molecule has 7 unspecified atom stereocenters. The van der Waals surface area contributed by atoms with Crippen molar-refractivity contribution in [3.8, 4) is 0 Å². The Bertz CT molecular complexity index is 3750. The Balaban J connectivity index is 0.000000284. The molecular weight excluding hydrogens is 1450 g/mol. The Hall–Kier alpha value is -8.82. The average molecular weight is 1570 g/mol. The highest BCUT2D eigenvalue weighted by atomic mass is 32.2. The molecule has 0 fully saturated rings. The summed E-state index contributed by atoms with van der Waals surface area (Å²) in [6, 6.07) is 89.9. The Morgan fingerprint density at radius 3 is 0.937 bits per heavy atom. The van der Waals surface area contributed by atoms with Crippen LogP contribution < -0.4 is 50.9 Å². The van der Waals surface area contributed by atoms with Crippen LogP contribution in [0.4, 0.5) is 0 Å². The van der Waals surface area contributed by atoms with E-state index in [0.29, 0.717) is 76.7 Å². The molecule has 9 aromatic carbocycles. The van der Waals surface area contributed by atoms with Gasteiger partial charge in [0.25, 0.3) is 0 Å². The molecule has 16 N–H and O–H groups in total. The molecule has 0 bridgehead atoms. The van der Waals surface area contributed by atoms with Crippen molar-refractivity contribution in [1.82, 2.24) is 20.9 Å². The molecular formula is C89H119N11O8S3. The van der Waals surface area contributed by atoms with Gasteiger partial charge < -0.3 is 45.5 Å². The number of carbonyl (C=O) groups excluding carboxylic acids is 5. The number of benzene rings is 9. The zero-order valence-corrected chi connectivity index (χ0v) is 67.4. The lowest BCUT2D eigenvalue weighted by molar-refractivity contribution is -0.179. The van der Waals surface area contributed by atoms with Crippen molar-refractivity contribution in [2.45, 2.75) is 141 Å². The zero-order valence-electron chi connectivity index (χ0n) is 64.9. The first kappa shape index (κ1) is 94.6. The monoisotopic (exact) mass is 1570 g/mol. The first-order valence-corrected chi connectivity index (χ1v) is 40.8. The van der Waals surface area contributed by atoms with E-state index in [2.05, 4.69) is 85.3 Å². The van der Waals surface area contributed by atoms with Crippen molar-refractivity contribution in [3.63, 3.8) is 0 Å². The Morgan fingerprint density at radius 1 is 0.369 bits per heavy atom. The summed E-state index contributed by atoms with van der Waals surface area (Å²) in [6.07, 6.45) is 7.71. The third-order valence-corrected chi connectivity index (χ3v) is 19.8. The van der Waals surface area contributed by atoms with E-state index in [9.17, 15) is 24.0 Å². The standard InChI is InChI=1S/C19H26N2S2.2C17H20N2O2.C14H22N2O2.C11H16N2O.C11H15NOS/c20-18(11-16-7-3-1-4-8-16)13-22-15-23-14-19(21)12-17-9-5-2-6-10-17;18-17(11-15-7-3-1-4-8-15)12-19(14-20)21-13-16-9-5-2-6-10-16;18-16(11-14-7-3-1-4-8-14)12-17(20)19-21-13-15-9-5-2-6-10-15;1-12(2)8-14(15)9-16(11-17)18-10-13-6-4-3-5-7-13;1-13-11(14)8-10(12)7-9-5-3-2-4-6-9;1-9(13)14-8-11(12)7-10-5-3-2-4-6-10/h1-10,18-19H,11-15,20-21H2;1-10,14,17H,11-13,18H2;1-10,16H,11-13,18H2,(H,19,20);3-7,11-12,14H,8-10,15H2,1-2H3;2-6,10H,7-8,12H2,1H3,(H,13,14);2-6,11H,7-8,12H2,1H3. The number of amides is 4. The minimum Gasteiger partial charge on any atom is -0.359 e. The highest BCUT2D eigenvalue weighted by Crippen LogP contribution is 2.17. The van der Waals surface area contributed by atoms with Gasteiger partial charge in [-0.1, -0.05) is 299 Å². The fourth-order valence-corrected chi connectivity index (χ4v) is 13.5. The van der Waals surface area contributed by atoms with Crippen LogP contribution in [0.2, 0.25) is 0 Å². The molecule has 0 aliphatic rings. The van der Waals surface area contributed by atoms with Gasteiger partial charge in [0.15, 0.2) is 5.12 Å². The smallest absolute Gasteiger partial charge is 0.245 e. The normalized spacial score (nSPS) is 12.4. The molecule has 0 saturated carbocycles. The summed E-state index contributed by atoms with van der Waals surface area (Å²) in [5.74, 6) is 3.00. The summed E-state index contributed by atoms with van der Waals surface area (Å²) >= 11 is 5.12. The van der Waals surface area contributed by atoms with Crippen LogP contribution in [0, 0.1) is 5.92 Å². The van der Waals surface area contributed by atoms with Crippen LogP contribution in [0.5, 0.6) is 0 Å². The van der Waals surface area contributed by atoms with Crippen LogP contribution in [0.3, 0.4) is 0 Å². The molecule has 9 rings (SSSR count). The second kappa shape index (κ2) is 59.9. The lowest BCUT2D eigenvalue weighted by Gasteiger charge is -2.22. The van der Waals surface area contributed by atoms with Crippen molar-refractivity contribution >= 4 is 65.0 Å². The number of thioether (sulfide) groups is 3. The van der Waals surface area contributed by atoms with E-state index in [1.165, 1.54) is 44.1 Å². The third-order valence-electron chi connectivity index (χ3n) is 16.1. The number of carbonyl (C=O) groups is 5. The molecule has 0 aromatic heterocycles. The third kappa shape index (κ3) is 49.2. The first-order valence-electron chi connectivity index (χ1n) is 37.5. The molecule has 0 spiro atoms. The van der Waals surface area contributed by atoms with Gasteiger partial charge >= 0.3 is 0 Å². The second-order valence-electron chi connectivity index (χ2n) is 27.1. The number of rotatable bonds is 41. The van der Waals surface area contributed by atoms with E-state index in [-0.39, 0.29) is 65.6 Å². The predicted octanol–water partition coefficient (Wildman–Crippen LogP) is 12.4. The number of hydrogen-bond acceptors (Lipinski definition) is 18. The minimum atomic E-state index is -0.215. The molecule has 0 aliphatic carbocycles. The van der Waals surface area contributed by atoms with Gasteiger partial charge in [-0.2, -0.15) is 0 Å². The lowest BCUT2D eigenvalue weighted by Crippen LogP contribution is -2.38. The largest absolute Gasteiger partial charge is 0.359 e. The van der Waals surface area contributed by atoms with E-state index in [1.54, 1.807) is 14.0 Å². The van der Waals surface area contributed by atoms with Gasteiger partial charge in [-0.05, 0) is 101 Å². The van der Waals surface area contributed by atoms with Gasteiger partial charge in [-0.15, -0.1) is 23.5 Å². The fourth-order valence-electron chi connectivity index (χ4n) is 10.8. The van der Waals surface area contributed by atoms with Crippen LogP contribution >= 0.6 is 35.3 Å². The van der Waals surface area contributed by atoms with E-state index in [0.717, 1.165) is 76.5 Å². The van der Waals surface area contributed by atoms with Gasteiger partial charge in [0.2, 0.25) is 24.6 Å². The van der Waals surface area contributed by atoms with Crippen LogP contribution in [-0.4, -0.2) is 125 Å². The first-order chi connectivity index (χ1) is 53.8. The summed E-state index contributed by atoms with van der Waals surface area (Å²) in [5, 5.41) is 6.30. The van der Waals surface area contributed by atoms with Gasteiger partial charge in [-0.3, -0.25) is 38.5 Å². The van der Waals surface area contributed by atoms with Crippen LogP contribution in [0.1, 0.15) is 90.1 Å². The Labute approximate surface area is 672 Å². The summed E-state index contributed by atoms with van der Waals surface area (Å²) in [6.45, 7) is 7.66. The fraction of sp³-hybridized carbons (Fsp3) is 0.337. The molecule has 7 atom stereocenters. The zero-order chi connectivity index (χ0) is 80.3. The number of nitrogens with one attached hydrogen (secondary N) is 2. The van der Waals surface area contributed by atoms with Gasteiger partial charge in [0.1, 0.15) is 13.2 Å². The van der Waals surface area contributed by atoms with E-state index >= 15 is 0 Å². The van der Waals surface area contributed by atoms with Crippen molar-refractivity contribution < 1.29 is 38.5 Å². The van der Waals surface area contributed by atoms with Crippen molar-refractivity contribution in [1.29, 1.82) is 0 Å². The number of nitrogens with two attached hydrogens (primary N) is 7. The van der Waals surface area contributed by atoms with E-state index in [1.807, 2.05) is 236 Å². The molecule has 0 radical (unpaired) electrons. The topological polar surface area (TPSA) is 326 Å². The SMILES string of the molecule is CC(=O)SCC(N)Cc1ccccc1.CC(C)CC(N)CN(C=O)OCc1ccccc1.CNC(=O)CC(N)Cc1ccccc1.NC(CC(=O)NOCc1ccccc1)Cc1ccccc1.NC(CSCSCC(N)Cc1ccccc1)Cc1ccccc1.NC(Cc1ccccc1)CN(C=O)OCc1ccccc1. The number of hydroxylamine groups is 5. The van der Waals surface area contributed by atoms with Crippen LogP contribution in [-0.2, 0) is 96.8 Å². The maximum Gasteiger partial charge on any atom is 0.245 e. The van der Waals surface area contributed by atoms with E-state index in [4.69, 9.17) is 54.6 Å². The van der Waals surface area contributed by atoms with Crippen LogP contribution in [0.15, 0.2) is 273 Å². The minimum absolute atomic E-state index is 0.00608. The molecule has 4 amide bonds. The Kier molecular flexibility index (Phi) is 51.0. The number of nitrogens with zero attached hydrogens (tertiary/aromatic N) is 2. The highest BCUT2D eigenvalue weighted by molar-refractivity contribution is 8.16. The van der Waals surface area contributed by atoms with Crippen LogP contribution in [0.25, 0.3) is 0 Å². The van der Waals surface area contributed by atoms with Gasteiger partial charge in [-0.25, -0.2) is 15.6 Å². The molecule has 0 heterocycles. The molecule has 19 nitrogen and oxygen atoms in total. The summed E-state index contributed by atoms with van der Waals surface area (Å²) in [4.78, 5) is 71.5. The van der Waals surface area contributed by atoms with Crippen molar-refractivity contribution in [2.24, 2.45) is 46.1 Å². The molecule has 9 aromatic rings. The number of hydrogen-bond donors (Lipinski definition) is 9. The summed E-state index contributed by atoms with van der Waals surface area (Å²) in [7, 11) is 1.62. The molecule has 596 valence electrons. The lowest BCUT2D eigenvalue weighted by atomic mass is 10.0. The predicted molar refractivity (Wildman–Crippen MR) is 460 cm³/mol. The maximum atomic E-state index is 11.7. The quantitative estimate of drug-likeness (QED) is 0.00744. The second-order valence-corrected chi connectivity index (χ2v) is 30.7. The summed E-state index contributed by atoms with van der Waals surface area (Å²) in [5.41, 5.74) is 54.9. The van der Waals surface area contributed by atoms with Gasteiger partial charge in [0, 0.05) is 91.4 Å². The molecule has 22 heteroatoms. The highest BCUT2D eigenvalue weighted by Gasteiger charge is 2.15. The van der Waals surface area contributed by atoms with E-state index < -0.39 is 0 Å². The maximum absolute atomic E-state index is 11.7. The molecule has 0 aliphatic heterocycles.